The number of hydrogen-bond donors (Lipinski definition) is 0. The van der Waals surface area contributed by atoms with E-state index in [4.69, 9.17) is 14.2 Å². The number of methoxy groups -OCH3 is 2. The van der Waals surface area contributed by atoms with Crippen LogP contribution in [-0.4, -0.2) is 45.4 Å². The molecule has 0 amide bonds. The average molecular weight is 362 g/mol. The van der Waals surface area contributed by atoms with E-state index >= 15 is 0 Å². The molecule has 4 fully saturated rings. The second-order valence-electron chi connectivity index (χ2n) is 9.52. The molecule has 0 aromatic heterocycles. The lowest BCUT2D eigenvalue weighted by Gasteiger charge is -2.47. The molecule has 0 aromatic rings. The second-order valence-corrected chi connectivity index (χ2v) is 14.9. The summed E-state index contributed by atoms with van der Waals surface area (Å²) in [6, 6.07) is 0. The first-order chi connectivity index (χ1) is 11.7. The fraction of sp³-hybridized carbons (Fsp3) is 0.789. The van der Waals surface area contributed by atoms with Gasteiger partial charge in [0.2, 0.25) is 0 Å². The molecule has 4 aliphatic carbocycles. The van der Waals surface area contributed by atoms with Gasteiger partial charge in [-0.3, -0.25) is 0 Å². The quantitative estimate of drug-likeness (QED) is 0.439. The molecule has 25 heavy (non-hydrogen) atoms. The number of fused-ring (bicyclic) bond motifs is 4. The topological polar surface area (TPSA) is 65.1 Å². The predicted octanol–water partition coefficient (Wildman–Crippen LogP) is 2.68. The Morgan fingerprint density at radius 3 is 2.32 bits per heavy atom. The van der Waals surface area contributed by atoms with Crippen molar-refractivity contribution >= 4 is 20.0 Å². The summed E-state index contributed by atoms with van der Waals surface area (Å²) in [6.07, 6.45) is 4.43. The van der Waals surface area contributed by atoms with Crippen LogP contribution in [0.4, 0.5) is 0 Å². The van der Waals surface area contributed by atoms with Gasteiger partial charge in [0, 0.05) is 11.0 Å². The number of carbonyl (C=O) groups excluding carboxylic acids is 2. The summed E-state index contributed by atoms with van der Waals surface area (Å²) in [7, 11) is 0.884. The third-order valence-electron chi connectivity index (χ3n) is 8.26. The Morgan fingerprint density at radius 2 is 1.72 bits per heavy atom. The van der Waals surface area contributed by atoms with Crippen molar-refractivity contribution in [2.24, 2.45) is 17.8 Å². The molecule has 1 saturated heterocycles. The van der Waals surface area contributed by atoms with Crippen LogP contribution in [-0.2, 0) is 23.8 Å². The highest BCUT2D eigenvalue weighted by Gasteiger charge is 2.98. The predicted molar refractivity (Wildman–Crippen MR) is 92.6 cm³/mol. The van der Waals surface area contributed by atoms with Gasteiger partial charge >= 0.3 is 11.9 Å². The summed E-state index contributed by atoms with van der Waals surface area (Å²) in [5, 5.41) is -0.332. The molecule has 0 aromatic carbocycles. The Labute approximate surface area is 149 Å². The number of epoxide rings is 1. The maximum Gasteiger partial charge on any atom is 0.334 e. The highest BCUT2D eigenvalue weighted by molar-refractivity contribution is 6.81. The molecule has 1 heterocycles. The summed E-state index contributed by atoms with van der Waals surface area (Å²) >= 11 is 0. The van der Waals surface area contributed by atoms with Gasteiger partial charge in [0.25, 0.3) is 0 Å². The largest absolute Gasteiger partial charge is 0.466 e. The van der Waals surface area contributed by atoms with Gasteiger partial charge in [-0.05, 0) is 37.5 Å². The molecule has 6 atom stereocenters. The monoisotopic (exact) mass is 362 g/mol. The van der Waals surface area contributed by atoms with E-state index < -0.39 is 8.07 Å². The minimum atomic E-state index is -1.93. The van der Waals surface area contributed by atoms with Crippen LogP contribution in [0.5, 0.6) is 0 Å². The highest BCUT2D eigenvalue weighted by Crippen LogP contribution is 2.93. The van der Waals surface area contributed by atoms with Crippen LogP contribution in [0.25, 0.3) is 0 Å². The smallest absolute Gasteiger partial charge is 0.334 e. The summed E-state index contributed by atoms with van der Waals surface area (Å²) < 4.78 is 17.0. The maximum atomic E-state index is 12.9. The minimum absolute atomic E-state index is 0.00363. The van der Waals surface area contributed by atoms with Crippen molar-refractivity contribution in [3.05, 3.63) is 11.1 Å². The lowest BCUT2D eigenvalue weighted by atomic mass is 9.68. The van der Waals surface area contributed by atoms with Crippen molar-refractivity contribution in [3.63, 3.8) is 0 Å². The Kier molecular flexibility index (Phi) is 2.71. The zero-order chi connectivity index (χ0) is 18.0. The van der Waals surface area contributed by atoms with Gasteiger partial charge in [0.05, 0.1) is 33.4 Å². The minimum Gasteiger partial charge on any atom is -0.466 e. The molecule has 5 aliphatic rings. The van der Waals surface area contributed by atoms with Crippen molar-refractivity contribution in [2.45, 2.75) is 61.6 Å². The highest BCUT2D eigenvalue weighted by atomic mass is 28.3. The zero-order valence-corrected chi connectivity index (χ0v) is 16.6. The Morgan fingerprint density at radius 1 is 1.08 bits per heavy atom. The fourth-order valence-electron chi connectivity index (χ4n) is 7.75. The number of esters is 2. The Hall–Kier alpha value is -1.14. The molecule has 0 spiro atoms. The number of ether oxygens (including phenoxy) is 3. The van der Waals surface area contributed by atoms with Crippen LogP contribution in [0.15, 0.2) is 11.1 Å². The molecule has 6 heteroatoms. The van der Waals surface area contributed by atoms with Crippen LogP contribution in [0, 0.1) is 17.8 Å². The van der Waals surface area contributed by atoms with Gasteiger partial charge in [-0.25, -0.2) is 9.59 Å². The van der Waals surface area contributed by atoms with E-state index in [2.05, 4.69) is 19.6 Å². The van der Waals surface area contributed by atoms with Crippen molar-refractivity contribution in [2.75, 3.05) is 14.2 Å². The molecule has 0 unspecified atom stereocenters. The van der Waals surface area contributed by atoms with Crippen molar-refractivity contribution in [1.29, 1.82) is 0 Å². The molecule has 3 saturated carbocycles. The maximum absolute atomic E-state index is 12.9. The van der Waals surface area contributed by atoms with Crippen LogP contribution in [0.1, 0.15) is 25.7 Å². The van der Waals surface area contributed by atoms with Crippen molar-refractivity contribution in [1.82, 2.24) is 0 Å². The van der Waals surface area contributed by atoms with Gasteiger partial charge in [-0.1, -0.05) is 19.6 Å². The van der Waals surface area contributed by atoms with Crippen molar-refractivity contribution in [3.8, 4) is 0 Å². The first-order valence-electron chi connectivity index (χ1n) is 9.34. The molecule has 0 radical (unpaired) electrons. The van der Waals surface area contributed by atoms with Crippen LogP contribution in [0.2, 0.25) is 24.7 Å². The summed E-state index contributed by atoms with van der Waals surface area (Å²) in [5.41, 5.74) is 0.736. The first kappa shape index (κ1) is 16.1. The van der Waals surface area contributed by atoms with E-state index in [1.54, 1.807) is 0 Å². The second kappa shape index (κ2) is 4.22. The van der Waals surface area contributed by atoms with Crippen molar-refractivity contribution < 1.29 is 23.8 Å². The first-order valence-corrected chi connectivity index (χ1v) is 12.8. The molecular weight excluding hydrogens is 336 g/mol. The van der Waals surface area contributed by atoms with E-state index in [9.17, 15) is 9.59 Å². The SMILES string of the molecule is COC(=O)C1=C(C(=O)OC)[C@@]2([Si](C)(C)C)C[C@H]1[C@]13O[C@@]12[C@H]1CC[C@H]3C1. The summed E-state index contributed by atoms with van der Waals surface area (Å²) in [4.78, 5) is 25.6. The average Bonchev–Trinajstić information content (AvgIpc) is 2.92. The molecule has 4 bridgehead atoms. The van der Waals surface area contributed by atoms with Crippen LogP contribution < -0.4 is 0 Å². The third-order valence-corrected chi connectivity index (χ3v) is 11.7. The fourth-order valence-corrected chi connectivity index (χ4v) is 11.1. The molecule has 0 N–H and O–H groups in total. The Bertz CT molecular complexity index is 751. The molecule has 5 rings (SSSR count). The summed E-state index contributed by atoms with van der Waals surface area (Å²) in [6.45, 7) is 6.93. The van der Waals surface area contributed by atoms with E-state index in [1.807, 2.05) is 0 Å². The Balaban J connectivity index is 1.82. The molecular formula is C19H26O5Si. The van der Waals surface area contributed by atoms with Crippen LogP contribution in [0.3, 0.4) is 0 Å². The van der Waals surface area contributed by atoms with E-state index in [-0.39, 0.29) is 34.1 Å². The molecule has 5 nitrogen and oxygen atoms in total. The zero-order valence-electron chi connectivity index (χ0n) is 15.6. The number of rotatable bonds is 3. The normalized spacial score (nSPS) is 48.4. The standard InChI is InChI=1S/C19H26O5Si/c1-22-15(20)13-12-9-17(25(3,4)5,14(13)16(21)23-2)19-11-7-6-10(8-11)18(12,19)24-19/h10-12H,6-9H2,1-5H3/t10-,11-,12+,17-,18-,19+/m0/s1. The van der Waals surface area contributed by atoms with Gasteiger partial charge in [0.1, 0.15) is 11.2 Å². The van der Waals surface area contributed by atoms with Gasteiger partial charge < -0.3 is 14.2 Å². The van der Waals surface area contributed by atoms with Gasteiger partial charge in [-0.2, -0.15) is 0 Å². The lowest BCUT2D eigenvalue weighted by molar-refractivity contribution is -0.140. The third kappa shape index (κ3) is 1.29. The van der Waals surface area contributed by atoms with E-state index in [0.29, 0.717) is 23.0 Å². The van der Waals surface area contributed by atoms with Gasteiger partial charge in [0.15, 0.2) is 0 Å². The molecule has 136 valence electrons. The molecule has 1 aliphatic heterocycles. The number of carbonyl (C=O) groups is 2. The van der Waals surface area contributed by atoms with E-state index in [0.717, 1.165) is 6.42 Å². The van der Waals surface area contributed by atoms with E-state index in [1.165, 1.54) is 33.5 Å². The van der Waals surface area contributed by atoms with Crippen LogP contribution >= 0.6 is 0 Å². The lowest BCUT2D eigenvalue weighted by Crippen LogP contribution is -2.54. The summed E-state index contributed by atoms with van der Waals surface area (Å²) in [5.74, 6) is 0.321. The number of hydrogen-bond acceptors (Lipinski definition) is 5. The van der Waals surface area contributed by atoms with Gasteiger partial charge in [-0.15, -0.1) is 0 Å².